The van der Waals surface area contributed by atoms with Gasteiger partial charge >= 0.3 is 0 Å². The zero-order valence-corrected chi connectivity index (χ0v) is 10.9. The Morgan fingerprint density at radius 2 is 2.44 bits per heavy atom. The van der Waals surface area contributed by atoms with Crippen molar-refractivity contribution in [3.63, 3.8) is 0 Å². The van der Waals surface area contributed by atoms with Crippen molar-refractivity contribution in [2.24, 2.45) is 0 Å². The number of amides is 1. The summed E-state index contributed by atoms with van der Waals surface area (Å²) in [5.74, 6) is 0.105. The number of rotatable bonds is 6. The van der Waals surface area contributed by atoms with Crippen LogP contribution < -0.4 is 5.32 Å². The zero-order valence-electron chi connectivity index (χ0n) is 10.1. The molecule has 1 heterocycles. The third kappa shape index (κ3) is 4.28. The summed E-state index contributed by atoms with van der Waals surface area (Å²) >= 11 is 1.55. The fraction of sp³-hybridized carbons (Fsp3) is 0.636. The van der Waals surface area contributed by atoms with Crippen LogP contribution in [-0.4, -0.2) is 35.4 Å². The first-order valence-corrected chi connectivity index (χ1v) is 6.42. The van der Waals surface area contributed by atoms with Gasteiger partial charge in [0.05, 0.1) is 24.3 Å². The van der Waals surface area contributed by atoms with E-state index in [1.807, 2.05) is 5.38 Å². The molecule has 1 rings (SSSR count). The largest absolute Gasteiger partial charge is 0.339 e. The van der Waals surface area contributed by atoms with Crippen LogP contribution >= 0.6 is 11.3 Å². The minimum absolute atomic E-state index is 0.105. The minimum atomic E-state index is 0.105. The van der Waals surface area contributed by atoms with Gasteiger partial charge in [0, 0.05) is 18.5 Å². The van der Waals surface area contributed by atoms with Crippen molar-refractivity contribution in [3.05, 3.63) is 16.6 Å². The molecule has 0 aromatic carbocycles. The van der Waals surface area contributed by atoms with Gasteiger partial charge in [-0.15, -0.1) is 11.3 Å². The van der Waals surface area contributed by atoms with E-state index in [0.29, 0.717) is 19.1 Å². The van der Waals surface area contributed by atoms with Crippen LogP contribution in [-0.2, 0) is 11.3 Å². The maximum atomic E-state index is 11.7. The first-order chi connectivity index (χ1) is 7.63. The van der Waals surface area contributed by atoms with Crippen molar-refractivity contribution in [1.82, 2.24) is 15.2 Å². The Bertz CT molecular complexity index is 313. The molecular weight excluding hydrogens is 222 g/mol. The zero-order chi connectivity index (χ0) is 12.0. The summed E-state index contributed by atoms with van der Waals surface area (Å²) < 4.78 is 0. The van der Waals surface area contributed by atoms with Crippen LogP contribution in [0.25, 0.3) is 0 Å². The van der Waals surface area contributed by atoms with Gasteiger partial charge in [-0.3, -0.25) is 4.79 Å². The van der Waals surface area contributed by atoms with Gasteiger partial charge in [-0.2, -0.15) is 0 Å². The summed E-state index contributed by atoms with van der Waals surface area (Å²) in [6.07, 6.45) is 1.03. The lowest BCUT2D eigenvalue weighted by atomic mass is 10.2. The van der Waals surface area contributed by atoms with Crippen LogP contribution in [0, 0.1) is 0 Å². The lowest BCUT2D eigenvalue weighted by Gasteiger charge is -2.18. The molecule has 0 bridgehead atoms. The Labute approximate surface area is 101 Å². The Kier molecular flexibility index (Phi) is 5.42. The van der Waals surface area contributed by atoms with E-state index in [0.717, 1.165) is 12.1 Å². The van der Waals surface area contributed by atoms with E-state index in [1.165, 1.54) is 0 Å². The number of aromatic nitrogens is 1. The predicted molar refractivity (Wildman–Crippen MR) is 66.3 cm³/mol. The Morgan fingerprint density at radius 3 is 3.00 bits per heavy atom. The van der Waals surface area contributed by atoms with Crippen LogP contribution in [0.3, 0.4) is 0 Å². The van der Waals surface area contributed by atoms with Crippen LogP contribution in [0.4, 0.5) is 0 Å². The van der Waals surface area contributed by atoms with Crippen LogP contribution in [0.15, 0.2) is 10.9 Å². The van der Waals surface area contributed by atoms with Gasteiger partial charge in [-0.25, -0.2) is 4.98 Å². The van der Waals surface area contributed by atoms with Crippen molar-refractivity contribution in [2.75, 3.05) is 13.6 Å². The van der Waals surface area contributed by atoms with Gasteiger partial charge in [0.15, 0.2) is 0 Å². The fourth-order valence-corrected chi connectivity index (χ4v) is 1.74. The van der Waals surface area contributed by atoms with Crippen molar-refractivity contribution in [3.8, 4) is 0 Å². The van der Waals surface area contributed by atoms with Crippen molar-refractivity contribution < 1.29 is 4.79 Å². The Hall–Kier alpha value is -0.940. The van der Waals surface area contributed by atoms with Crippen molar-refractivity contribution in [2.45, 2.75) is 32.9 Å². The summed E-state index contributed by atoms with van der Waals surface area (Å²) in [7, 11) is 1.81. The maximum Gasteiger partial charge on any atom is 0.236 e. The van der Waals surface area contributed by atoms with Gasteiger partial charge in [0.25, 0.3) is 0 Å². The summed E-state index contributed by atoms with van der Waals surface area (Å²) in [6, 6.07) is 0.386. The highest BCUT2D eigenvalue weighted by molar-refractivity contribution is 7.07. The highest BCUT2D eigenvalue weighted by atomic mass is 32.1. The summed E-state index contributed by atoms with van der Waals surface area (Å²) in [4.78, 5) is 17.6. The molecule has 0 saturated heterocycles. The molecule has 0 aliphatic carbocycles. The number of likely N-dealkylation sites (N-methyl/N-ethyl adjacent to an activating group) is 1. The molecule has 0 fully saturated rings. The van der Waals surface area contributed by atoms with Crippen molar-refractivity contribution in [1.29, 1.82) is 0 Å². The average Bonchev–Trinajstić information content (AvgIpc) is 2.77. The molecule has 90 valence electrons. The topological polar surface area (TPSA) is 45.2 Å². The normalized spacial score (nSPS) is 12.4. The Balaban J connectivity index is 2.31. The molecule has 1 amide bonds. The summed E-state index contributed by atoms with van der Waals surface area (Å²) in [5.41, 5.74) is 2.73. The van der Waals surface area contributed by atoms with E-state index >= 15 is 0 Å². The second kappa shape index (κ2) is 6.60. The lowest BCUT2D eigenvalue weighted by molar-refractivity contribution is -0.129. The number of nitrogens with zero attached hydrogens (tertiary/aromatic N) is 2. The molecule has 5 heteroatoms. The van der Waals surface area contributed by atoms with Gasteiger partial charge in [-0.1, -0.05) is 6.92 Å². The first kappa shape index (κ1) is 13.1. The number of carbonyl (C=O) groups is 1. The number of nitrogens with one attached hydrogen (secondary N) is 1. The summed E-state index contributed by atoms with van der Waals surface area (Å²) in [5, 5.41) is 5.15. The van der Waals surface area contributed by atoms with Gasteiger partial charge in [0.1, 0.15) is 0 Å². The van der Waals surface area contributed by atoms with Crippen molar-refractivity contribution >= 4 is 17.2 Å². The van der Waals surface area contributed by atoms with Gasteiger partial charge in [0.2, 0.25) is 5.91 Å². The number of hydrogen-bond acceptors (Lipinski definition) is 4. The molecule has 1 N–H and O–H groups in total. The van der Waals surface area contributed by atoms with E-state index < -0.39 is 0 Å². The van der Waals surface area contributed by atoms with Crippen LogP contribution in [0.1, 0.15) is 26.0 Å². The highest BCUT2D eigenvalue weighted by Gasteiger charge is 2.10. The van der Waals surface area contributed by atoms with E-state index in [1.54, 1.807) is 28.8 Å². The average molecular weight is 241 g/mol. The second-order valence-corrected chi connectivity index (χ2v) is 4.64. The number of carbonyl (C=O) groups excluding carboxylic acids is 1. The standard InChI is InChI=1S/C11H19N3OS/c1-4-9(2)12-5-11(15)14(3)6-10-7-16-8-13-10/h7-9,12H,4-6H2,1-3H3. The summed E-state index contributed by atoms with van der Waals surface area (Å²) in [6.45, 7) is 5.16. The molecule has 16 heavy (non-hydrogen) atoms. The van der Waals surface area contributed by atoms with Gasteiger partial charge < -0.3 is 10.2 Å². The molecule has 1 atom stereocenters. The highest BCUT2D eigenvalue weighted by Crippen LogP contribution is 2.03. The molecule has 1 aromatic rings. The lowest BCUT2D eigenvalue weighted by Crippen LogP contribution is -2.38. The molecule has 1 aromatic heterocycles. The number of hydrogen-bond donors (Lipinski definition) is 1. The van der Waals surface area contributed by atoms with E-state index in [9.17, 15) is 4.79 Å². The molecule has 0 radical (unpaired) electrons. The maximum absolute atomic E-state index is 11.7. The first-order valence-electron chi connectivity index (χ1n) is 5.48. The van der Waals surface area contributed by atoms with E-state index in [2.05, 4.69) is 24.1 Å². The molecule has 0 aliphatic heterocycles. The van der Waals surface area contributed by atoms with Gasteiger partial charge in [-0.05, 0) is 13.3 Å². The molecule has 1 unspecified atom stereocenters. The van der Waals surface area contributed by atoms with E-state index in [-0.39, 0.29) is 5.91 Å². The molecule has 0 aliphatic rings. The predicted octanol–water partition coefficient (Wildman–Crippen LogP) is 1.49. The Morgan fingerprint density at radius 1 is 1.69 bits per heavy atom. The monoisotopic (exact) mass is 241 g/mol. The number of thiazole rings is 1. The van der Waals surface area contributed by atoms with Crippen LogP contribution in [0.5, 0.6) is 0 Å². The minimum Gasteiger partial charge on any atom is -0.339 e. The third-order valence-electron chi connectivity index (χ3n) is 2.52. The molecule has 4 nitrogen and oxygen atoms in total. The molecule has 0 spiro atoms. The smallest absolute Gasteiger partial charge is 0.236 e. The fourth-order valence-electron chi connectivity index (χ4n) is 1.19. The molecular formula is C11H19N3OS. The second-order valence-electron chi connectivity index (χ2n) is 3.92. The molecule has 0 saturated carbocycles. The van der Waals surface area contributed by atoms with E-state index in [4.69, 9.17) is 0 Å². The SMILES string of the molecule is CCC(C)NCC(=O)N(C)Cc1cscn1. The van der Waals surface area contributed by atoms with Crippen LogP contribution in [0.2, 0.25) is 0 Å². The quantitative estimate of drug-likeness (QED) is 0.820. The third-order valence-corrected chi connectivity index (χ3v) is 3.16.